The third-order valence-corrected chi connectivity index (χ3v) is 1.93. The molecule has 0 aliphatic carbocycles. The Morgan fingerprint density at radius 2 is 1.50 bits per heavy atom. The van der Waals surface area contributed by atoms with E-state index in [4.69, 9.17) is 11.6 Å². The monoisotopic (exact) mass is 281 g/mol. The molecule has 0 aliphatic heterocycles. The average molecular weight is 282 g/mol. The molecule has 1 aromatic carbocycles. The van der Waals surface area contributed by atoms with Gasteiger partial charge in [0.1, 0.15) is 17.7 Å². The minimum absolute atomic E-state index is 0. The van der Waals surface area contributed by atoms with Crippen LogP contribution in [-0.2, 0) is 0 Å². The first-order chi connectivity index (χ1) is 6.73. The van der Waals surface area contributed by atoms with Crippen molar-refractivity contribution in [3.05, 3.63) is 34.4 Å². The van der Waals surface area contributed by atoms with Crippen molar-refractivity contribution in [3.63, 3.8) is 0 Å². The number of halogens is 7. The molecule has 0 unspecified atom stereocenters. The lowest BCUT2D eigenvalue weighted by molar-refractivity contribution is -0.150. The summed E-state index contributed by atoms with van der Waals surface area (Å²) in [5, 5.41) is -0.330. The second-order valence-corrected chi connectivity index (χ2v) is 3.24. The summed E-state index contributed by atoms with van der Waals surface area (Å²) in [6, 6.07) is -1.55. The van der Waals surface area contributed by atoms with Gasteiger partial charge in [0.15, 0.2) is 0 Å². The topological polar surface area (TPSA) is 26.0 Å². The van der Waals surface area contributed by atoms with Crippen molar-refractivity contribution in [3.8, 4) is 0 Å². The van der Waals surface area contributed by atoms with Crippen LogP contribution >= 0.6 is 24.0 Å². The minimum Gasteiger partial charge on any atom is -0.316 e. The molecule has 1 rings (SSSR count). The maximum atomic E-state index is 13.0. The zero-order valence-electron chi connectivity index (χ0n) is 7.49. The van der Waals surface area contributed by atoms with E-state index < -0.39 is 29.4 Å². The summed E-state index contributed by atoms with van der Waals surface area (Å²) in [7, 11) is 0. The van der Waals surface area contributed by atoms with Gasteiger partial charge < -0.3 is 5.73 Å². The van der Waals surface area contributed by atoms with Crippen LogP contribution in [0, 0.1) is 11.6 Å². The lowest BCUT2D eigenvalue weighted by atomic mass is 10.1. The molecule has 0 radical (unpaired) electrons. The van der Waals surface area contributed by atoms with Crippen LogP contribution in [0.3, 0.4) is 0 Å². The Labute approximate surface area is 98.8 Å². The van der Waals surface area contributed by atoms with Gasteiger partial charge in [0.25, 0.3) is 0 Å². The van der Waals surface area contributed by atoms with Gasteiger partial charge in [-0.2, -0.15) is 13.2 Å². The second kappa shape index (κ2) is 5.16. The number of benzene rings is 1. The molecular formula is C8H6Cl2F5N. The quantitative estimate of drug-likeness (QED) is 0.782. The lowest BCUT2D eigenvalue weighted by Gasteiger charge is -2.17. The predicted octanol–water partition coefficient (Wildman–Crippen LogP) is 3.60. The highest BCUT2D eigenvalue weighted by molar-refractivity contribution is 6.30. The fourth-order valence-corrected chi connectivity index (χ4v) is 1.21. The van der Waals surface area contributed by atoms with Gasteiger partial charge in [0.2, 0.25) is 0 Å². The molecule has 0 saturated carbocycles. The standard InChI is InChI=1S/C8H5ClF5N.ClH/c9-3-1-4(10)6(5(11)2-3)7(15)8(12,13)14;/h1-2,7H,15H2;1H/t7-;/m0./s1. The van der Waals surface area contributed by atoms with E-state index in [-0.39, 0.29) is 17.4 Å². The number of rotatable bonds is 1. The van der Waals surface area contributed by atoms with Crippen molar-refractivity contribution in [2.45, 2.75) is 12.2 Å². The van der Waals surface area contributed by atoms with Gasteiger partial charge >= 0.3 is 6.18 Å². The van der Waals surface area contributed by atoms with Crippen LogP contribution in [0.15, 0.2) is 12.1 Å². The van der Waals surface area contributed by atoms with E-state index in [2.05, 4.69) is 5.73 Å². The van der Waals surface area contributed by atoms with E-state index in [1.807, 2.05) is 0 Å². The zero-order valence-corrected chi connectivity index (χ0v) is 9.06. The SMILES string of the molecule is Cl.N[C@@H](c1c(F)cc(Cl)cc1F)C(F)(F)F. The maximum absolute atomic E-state index is 13.0. The van der Waals surface area contributed by atoms with Crippen molar-refractivity contribution >= 4 is 24.0 Å². The lowest BCUT2D eigenvalue weighted by Crippen LogP contribution is -2.30. The third-order valence-electron chi connectivity index (χ3n) is 1.71. The average Bonchev–Trinajstić information content (AvgIpc) is 1.99. The largest absolute Gasteiger partial charge is 0.407 e. The van der Waals surface area contributed by atoms with Crippen LogP contribution in [0.2, 0.25) is 5.02 Å². The zero-order chi connectivity index (χ0) is 11.8. The molecule has 0 aromatic heterocycles. The minimum atomic E-state index is -4.91. The molecule has 1 nitrogen and oxygen atoms in total. The van der Waals surface area contributed by atoms with E-state index in [1.165, 1.54) is 0 Å². The summed E-state index contributed by atoms with van der Waals surface area (Å²) in [5.41, 5.74) is 3.45. The summed E-state index contributed by atoms with van der Waals surface area (Å²) in [5.74, 6) is -2.82. The first kappa shape index (κ1) is 15.4. The molecule has 2 N–H and O–H groups in total. The van der Waals surface area contributed by atoms with Gasteiger partial charge in [-0.25, -0.2) is 8.78 Å². The Morgan fingerprint density at radius 3 is 1.81 bits per heavy atom. The van der Waals surface area contributed by atoms with Gasteiger partial charge in [-0.15, -0.1) is 12.4 Å². The Hall–Kier alpha value is -0.590. The fourth-order valence-electron chi connectivity index (χ4n) is 1.01. The van der Waals surface area contributed by atoms with E-state index in [9.17, 15) is 22.0 Å². The highest BCUT2D eigenvalue weighted by atomic mass is 35.5. The van der Waals surface area contributed by atoms with E-state index in [0.29, 0.717) is 12.1 Å². The Balaban J connectivity index is 0.00000225. The van der Waals surface area contributed by atoms with Crippen LogP contribution in [0.1, 0.15) is 11.6 Å². The molecule has 1 aromatic rings. The van der Waals surface area contributed by atoms with Crippen LogP contribution in [0.5, 0.6) is 0 Å². The Bertz CT molecular complexity index is 356. The van der Waals surface area contributed by atoms with Crippen LogP contribution in [-0.4, -0.2) is 6.18 Å². The summed E-state index contributed by atoms with van der Waals surface area (Å²) >= 11 is 5.24. The molecule has 0 saturated heterocycles. The van der Waals surface area contributed by atoms with Gasteiger partial charge in [-0.1, -0.05) is 11.6 Å². The molecule has 16 heavy (non-hydrogen) atoms. The predicted molar refractivity (Wildman–Crippen MR) is 51.6 cm³/mol. The van der Waals surface area contributed by atoms with Gasteiger partial charge in [-0.05, 0) is 12.1 Å². The molecule has 1 atom stereocenters. The van der Waals surface area contributed by atoms with E-state index in [1.54, 1.807) is 0 Å². The maximum Gasteiger partial charge on any atom is 0.407 e. The number of alkyl halides is 3. The molecular weight excluding hydrogens is 276 g/mol. The second-order valence-electron chi connectivity index (χ2n) is 2.80. The fraction of sp³-hybridized carbons (Fsp3) is 0.250. The molecule has 0 amide bonds. The van der Waals surface area contributed by atoms with Crippen LogP contribution < -0.4 is 5.73 Å². The van der Waals surface area contributed by atoms with Crippen molar-refractivity contribution in [1.29, 1.82) is 0 Å². The molecule has 0 fully saturated rings. The van der Waals surface area contributed by atoms with Gasteiger partial charge in [0.05, 0.1) is 0 Å². The summed E-state index contributed by atoms with van der Waals surface area (Å²) in [6.45, 7) is 0. The van der Waals surface area contributed by atoms with E-state index in [0.717, 1.165) is 0 Å². The Morgan fingerprint density at radius 1 is 1.12 bits per heavy atom. The van der Waals surface area contributed by atoms with Crippen molar-refractivity contribution in [2.75, 3.05) is 0 Å². The highest BCUT2D eigenvalue weighted by Crippen LogP contribution is 2.34. The van der Waals surface area contributed by atoms with Crippen LogP contribution in [0.4, 0.5) is 22.0 Å². The van der Waals surface area contributed by atoms with Gasteiger partial charge in [-0.3, -0.25) is 0 Å². The number of nitrogens with two attached hydrogens (primary N) is 1. The highest BCUT2D eigenvalue weighted by Gasteiger charge is 2.41. The normalized spacial score (nSPS) is 13.2. The Kier molecular flexibility index (Phi) is 4.97. The summed E-state index contributed by atoms with van der Waals surface area (Å²) in [4.78, 5) is 0. The summed E-state index contributed by atoms with van der Waals surface area (Å²) < 4.78 is 62.3. The molecule has 0 bridgehead atoms. The smallest absolute Gasteiger partial charge is 0.316 e. The molecule has 92 valence electrons. The first-order valence-electron chi connectivity index (χ1n) is 3.70. The van der Waals surface area contributed by atoms with E-state index >= 15 is 0 Å². The van der Waals surface area contributed by atoms with Crippen molar-refractivity contribution in [1.82, 2.24) is 0 Å². The third kappa shape index (κ3) is 3.20. The van der Waals surface area contributed by atoms with Gasteiger partial charge in [0, 0.05) is 10.6 Å². The molecule has 0 aliphatic rings. The van der Waals surface area contributed by atoms with Crippen LogP contribution in [0.25, 0.3) is 0 Å². The number of hydrogen-bond donors (Lipinski definition) is 1. The molecule has 0 heterocycles. The molecule has 8 heteroatoms. The summed E-state index contributed by atoms with van der Waals surface area (Å²) in [6.07, 6.45) is -4.91. The first-order valence-corrected chi connectivity index (χ1v) is 4.08. The van der Waals surface area contributed by atoms with Crippen molar-refractivity contribution < 1.29 is 22.0 Å². The molecule has 0 spiro atoms. The number of hydrogen-bond acceptors (Lipinski definition) is 1. The van der Waals surface area contributed by atoms with Crippen molar-refractivity contribution in [2.24, 2.45) is 5.73 Å².